The number of fused-ring (bicyclic) bond motifs is 1. The van der Waals surface area contributed by atoms with Crippen molar-refractivity contribution >= 4 is 38.6 Å². The minimum absolute atomic E-state index is 0.0801. The average Bonchev–Trinajstić information content (AvgIpc) is 3.33. The van der Waals surface area contributed by atoms with Gasteiger partial charge in [0, 0.05) is 53.2 Å². The highest BCUT2D eigenvalue weighted by atomic mass is 32.2. The average molecular weight is 588 g/mol. The number of hydrogen-bond donors (Lipinski definition) is 3. The molecule has 220 valence electrons. The van der Waals surface area contributed by atoms with Crippen LogP contribution in [0.4, 0.5) is 5.69 Å². The standard InChI is InChI=1S/C33H37N3O5S/c1-33(2,3)23-8-11-27(12-9-23)42(38,39)36-25-10-13-29-28(21-25)32(22-6-5-7-26(20-22)40-4)30(35-29)14-15-31(37)34-24-16-18-41-19-17-24/h5-15,20-21,24,35-36H,16-19H2,1-4H3,(H,34,37). The lowest BCUT2D eigenvalue weighted by Gasteiger charge is -2.22. The van der Waals surface area contributed by atoms with Gasteiger partial charge in [-0.2, -0.15) is 0 Å². The number of anilines is 1. The largest absolute Gasteiger partial charge is 0.497 e. The van der Waals surface area contributed by atoms with Gasteiger partial charge in [0.2, 0.25) is 5.91 Å². The van der Waals surface area contributed by atoms with Crippen LogP contribution in [-0.2, 0) is 25.0 Å². The maximum absolute atomic E-state index is 13.3. The van der Waals surface area contributed by atoms with Gasteiger partial charge in [0.05, 0.1) is 12.0 Å². The van der Waals surface area contributed by atoms with Gasteiger partial charge in [-0.3, -0.25) is 9.52 Å². The summed E-state index contributed by atoms with van der Waals surface area (Å²) in [5, 5.41) is 3.85. The summed E-state index contributed by atoms with van der Waals surface area (Å²) < 4.78 is 40.1. The van der Waals surface area contributed by atoms with E-state index in [1.165, 1.54) is 6.08 Å². The first-order valence-electron chi connectivity index (χ1n) is 14.0. The molecule has 2 heterocycles. The molecule has 0 saturated carbocycles. The van der Waals surface area contributed by atoms with Crippen LogP contribution in [0.25, 0.3) is 28.1 Å². The van der Waals surface area contributed by atoms with Gasteiger partial charge in [0.1, 0.15) is 5.75 Å². The summed E-state index contributed by atoms with van der Waals surface area (Å²) in [7, 11) is -2.21. The molecular formula is C33H37N3O5S. The van der Waals surface area contributed by atoms with Crippen LogP contribution in [0.3, 0.4) is 0 Å². The molecule has 0 atom stereocenters. The van der Waals surface area contributed by atoms with E-state index in [2.05, 4.69) is 35.8 Å². The van der Waals surface area contributed by atoms with E-state index in [4.69, 9.17) is 9.47 Å². The lowest BCUT2D eigenvalue weighted by atomic mass is 9.87. The molecule has 8 nitrogen and oxygen atoms in total. The molecule has 1 fully saturated rings. The van der Waals surface area contributed by atoms with E-state index in [9.17, 15) is 13.2 Å². The summed E-state index contributed by atoms with van der Waals surface area (Å²) >= 11 is 0. The molecule has 42 heavy (non-hydrogen) atoms. The Hall–Kier alpha value is -4.08. The SMILES string of the molecule is COc1cccc(-c2c(C=CC(=O)NC3CCOCC3)[nH]c3ccc(NS(=O)(=O)c4ccc(C(C)(C)C)cc4)cc23)c1. The number of aromatic nitrogens is 1. The topological polar surface area (TPSA) is 110 Å². The van der Waals surface area contributed by atoms with Gasteiger partial charge in [-0.1, -0.05) is 45.0 Å². The molecule has 5 rings (SSSR count). The smallest absolute Gasteiger partial charge is 0.261 e. The normalized spacial score (nSPS) is 14.8. The number of carbonyl (C=O) groups is 1. The predicted molar refractivity (Wildman–Crippen MR) is 167 cm³/mol. The maximum Gasteiger partial charge on any atom is 0.261 e. The quantitative estimate of drug-likeness (QED) is 0.211. The Bertz CT molecular complexity index is 1710. The first kappa shape index (κ1) is 29.4. The van der Waals surface area contributed by atoms with Crippen LogP contribution in [-0.4, -0.2) is 45.7 Å². The van der Waals surface area contributed by atoms with Crippen molar-refractivity contribution in [3.63, 3.8) is 0 Å². The van der Waals surface area contributed by atoms with Gasteiger partial charge in [0.15, 0.2) is 0 Å². The van der Waals surface area contributed by atoms with Gasteiger partial charge in [-0.25, -0.2) is 8.42 Å². The first-order chi connectivity index (χ1) is 20.0. The number of nitrogens with one attached hydrogen (secondary N) is 3. The van der Waals surface area contributed by atoms with Gasteiger partial charge in [-0.05, 0) is 77.9 Å². The molecular weight excluding hydrogens is 550 g/mol. The van der Waals surface area contributed by atoms with Gasteiger partial charge >= 0.3 is 0 Å². The molecule has 3 N–H and O–H groups in total. The van der Waals surface area contributed by atoms with E-state index < -0.39 is 10.0 Å². The number of H-pyrrole nitrogens is 1. The summed E-state index contributed by atoms with van der Waals surface area (Å²) in [6, 6.07) is 20.0. The summed E-state index contributed by atoms with van der Waals surface area (Å²) in [6.45, 7) is 7.55. The van der Waals surface area contributed by atoms with Crippen molar-refractivity contribution in [3.05, 3.63) is 84.1 Å². The summed E-state index contributed by atoms with van der Waals surface area (Å²) in [5.74, 6) is 0.507. The molecule has 0 radical (unpaired) electrons. The van der Waals surface area contributed by atoms with Crippen molar-refractivity contribution in [1.82, 2.24) is 10.3 Å². The van der Waals surface area contributed by atoms with Crippen LogP contribution in [0.5, 0.6) is 5.75 Å². The van der Waals surface area contributed by atoms with Crippen molar-refractivity contribution in [2.24, 2.45) is 0 Å². The highest BCUT2D eigenvalue weighted by molar-refractivity contribution is 7.92. The van der Waals surface area contributed by atoms with Crippen LogP contribution in [0.2, 0.25) is 0 Å². The van der Waals surface area contributed by atoms with Crippen molar-refractivity contribution < 1.29 is 22.7 Å². The second-order valence-electron chi connectivity index (χ2n) is 11.5. The van der Waals surface area contributed by atoms with Crippen LogP contribution >= 0.6 is 0 Å². The Labute approximate surface area is 247 Å². The summed E-state index contributed by atoms with van der Waals surface area (Å²) in [4.78, 5) is 16.3. The molecule has 1 aliphatic rings. The predicted octanol–water partition coefficient (Wildman–Crippen LogP) is 6.25. The minimum Gasteiger partial charge on any atom is -0.497 e. The Balaban J connectivity index is 1.49. The van der Waals surface area contributed by atoms with Crippen LogP contribution in [0.15, 0.2) is 77.7 Å². The molecule has 0 spiro atoms. The molecule has 4 aromatic rings. The van der Waals surface area contributed by atoms with Crippen LogP contribution in [0, 0.1) is 0 Å². The van der Waals surface area contributed by atoms with Gasteiger partial charge in [0.25, 0.3) is 10.0 Å². The second kappa shape index (κ2) is 12.0. The van der Waals surface area contributed by atoms with Crippen molar-refractivity contribution in [2.75, 3.05) is 25.0 Å². The number of methoxy groups -OCH3 is 1. The lowest BCUT2D eigenvalue weighted by molar-refractivity contribution is -0.117. The fourth-order valence-electron chi connectivity index (χ4n) is 5.09. The number of ether oxygens (including phenoxy) is 2. The minimum atomic E-state index is -3.82. The Kier molecular flexibility index (Phi) is 8.43. The number of rotatable bonds is 8. The van der Waals surface area contributed by atoms with Crippen molar-refractivity contribution in [3.8, 4) is 16.9 Å². The first-order valence-corrected chi connectivity index (χ1v) is 15.5. The number of benzene rings is 3. The van der Waals surface area contributed by atoms with Crippen molar-refractivity contribution in [2.45, 2.75) is 50.0 Å². The zero-order chi connectivity index (χ0) is 29.9. The van der Waals surface area contributed by atoms with E-state index in [0.717, 1.165) is 46.1 Å². The monoisotopic (exact) mass is 587 g/mol. The number of hydrogen-bond acceptors (Lipinski definition) is 5. The molecule has 3 aromatic carbocycles. The summed E-state index contributed by atoms with van der Waals surface area (Å²) in [6.07, 6.45) is 4.86. The fraction of sp³-hybridized carbons (Fsp3) is 0.303. The maximum atomic E-state index is 13.3. The van der Waals surface area contributed by atoms with Crippen LogP contribution in [0.1, 0.15) is 44.9 Å². The molecule has 9 heteroatoms. The molecule has 1 aliphatic heterocycles. The molecule has 0 unspecified atom stereocenters. The molecule has 1 saturated heterocycles. The number of sulfonamides is 1. The lowest BCUT2D eigenvalue weighted by Crippen LogP contribution is -2.37. The molecule has 1 amide bonds. The van der Waals surface area contributed by atoms with E-state index >= 15 is 0 Å². The highest BCUT2D eigenvalue weighted by Crippen LogP contribution is 2.36. The fourth-order valence-corrected chi connectivity index (χ4v) is 6.14. The Morgan fingerprint density at radius 3 is 2.45 bits per heavy atom. The highest BCUT2D eigenvalue weighted by Gasteiger charge is 2.20. The molecule has 0 bridgehead atoms. The van der Waals surface area contributed by atoms with Gasteiger partial charge < -0.3 is 19.8 Å². The van der Waals surface area contributed by atoms with E-state index in [1.54, 1.807) is 37.5 Å². The Morgan fingerprint density at radius 1 is 1.02 bits per heavy atom. The number of carbonyl (C=O) groups excluding carboxylic acids is 1. The third-order valence-corrected chi connectivity index (χ3v) is 8.84. The summed E-state index contributed by atoms with van der Waals surface area (Å²) in [5.41, 5.74) is 4.62. The van der Waals surface area contributed by atoms with Crippen molar-refractivity contribution in [1.29, 1.82) is 0 Å². The zero-order valence-electron chi connectivity index (χ0n) is 24.4. The third-order valence-electron chi connectivity index (χ3n) is 7.44. The Morgan fingerprint density at radius 2 is 1.76 bits per heavy atom. The van der Waals surface area contributed by atoms with E-state index in [0.29, 0.717) is 24.7 Å². The second-order valence-corrected chi connectivity index (χ2v) is 13.2. The van der Waals surface area contributed by atoms with Crippen LogP contribution < -0.4 is 14.8 Å². The van der Waals surface area contributed by atoms with E-state index in [1.807, 2.05) is 42.5 Å². The number of amides is 1. The number of aromatic amines is 1. The molecule has 1 aromatic heterocycles. The molecule has 0 aliphatic carbocycles. The van der Waals surface area contributed by atoms with E-state index in [-0.39, 0.29) is 22.3 Å². The zero-order valence-corrected chi connectivity index (χ0v) is 25.2. The van der Waals surface area contributed by atoms with Gasteiger partial charge in [-0.15, -0.1) is 0 Å². The third kappa shape index (κ3) is 6.69.